The number of carbonyl (C=O) groups excluding carboxylic acids is 1. The summed E-state index contributed by atoms with van der Waals surface area (Å²) in [5, 5.41) is 11.3. The summed E-state index contributed by atoms with van der Waals surface area (Å²) < 4.78 is 5.94. The second-order valence-corrected chi connectivity index (χ2v) is 8.00. The van der Waals surface area contributed by atoms with Gasteiger partial charge in [-0.25, -0.2) is 0 Å². The zero-order chi connectivity index (χ0) is 20.5. The highest BCUT2D eigenvalue weighted by Gasteiger charge is 2.25. The van der Waals surface area contributed by atoms with Crippen LogP contribution in [0.1, 0.15) is 10.6 Å². The molecule has 2 aromatic carbocycles. The van der Waals surface area contributed by atoms with Crippen LogP contribution < -0.4 is 4.90 Å². The molecule has 3 heterocycles. The van der Waals surface area contributed by atoms with Crippen molar-refractivity contribution in [3.63, 3.8) is 0 Å². The number of carbonyl (C=O) groups is 1. The first-order valence-electron chi connectivity index (χ1n) is 9.80. The molecule has 2 aromatic heterocycles. The quantitative estimate of drug-likeness (QED) is 0.444. The predicted octanol–water partition coefficient (Wildman–Crippen LogP) is 4.61. The Labute approximate surface area is 182 Å². The average molecular weight is 463 g/mol. The van der Waals surface area contributed by atoms with Crippen LogP contribution in [0.3, 0.4) is 0 Å². The van der Waals surface area contributed by atoms with Crippen molar-refractivity contribution in [2.45, 2.75) is 0 Å². The van der Waals surface area contributed by atoms with Gasteiger partial charge < -0.3 is 14.2 Å². The molecule has 1 fully saturated rings. The van der Waals surface area contributed by atoms with Crippen molar-refractivity contribution in [3.8, 4) is 11.3 Å². The lowest BCUT2D eigenvalue weighted by Gasteiger charge is -2.34. The van der Waals surface area contributed by atoms with Crippen LogP contribution in [0, 0.1) is 0 Å². The fourth-order valence-electron chi connectivity index (χ4n) is 3.72. The SMILES string of the molecule is O=C(c1ccc(Br)o1)N1CCN(c2ccc(-c3ccc4ccccc4c3)nn2)CC1. The maximum absolute atomic E-state index is 12.5. The summed E-state index contributed by atoms with van der Waals surface area (Å²) in [6.07, 6.45) is 0. The molecule has 150 valence electrons. The third-order valence-electron chi connectivity index (χ3n) is 5.37. The average Bonchev–Trinajstić information content (AvgIpc) is 3.25. The maximum atomic E-state index is 12.5. The summed E-state index contributed by atoms with van der Waals surface area (Å²) in [5.74, 6) is 1.10. The Morgan fingerprint density at radius 1 is 0.867 bits per heavy atom. The van der Waals surface area contributed by atoms with E-state index < -0.39 is 0 Å². The summed E-state index contributed by atoms with van der Waals surface area (Å²) in [6.45, 7) is 2.64. The van der Waals surface area contributed by atoms with E-state index in [1.807, 2.05) is 24.3 Å². The van der Waals surface area contributed by atoms with E-state index in [1.54, 1.807) is 17.0 Å². The van der Waals surface area contributed by atoms with Crippen LogP contribution in [-0.2, 0) is 0 Å². The van der Waals surface area contributed by atoms with Crippen LogP contribution in [0.2, 0.25) is 0 Å². The molecule has 7 heteroatoms. The summed E-state index contributed by atoms with van der Waals surface area (Å²) >= 11 is 3.24. The van der Waals surface area contributed by atoms with E-state index in [0.717, 1.165) is 17.1 Å². The van der Waals surface area contributed by atoms with Crippen LogP contribution >= 0.6 is 15.9 Å². The Kier molecular flexibility index (Phi) is 4.96. The molecule has 0 N–H and O–H groups in total. The molecule has 30 heavy (non-hydrogen) atoms. The number of nitrogens with zero attached hydrogens (tertiary/aromatic N) is 4. The second-order valence-electron chi connectivity index (χ2n) is 7.22. The molecule has 1 amide bonds. The second kappa shape index (κ2) is 7.91. The lowest BCUT2D eigenvalue weighted by Crippen LogP contribution is -2.49. The third-order valence-corrected chi connectivity index (χ3v) is 5.80. The van der Waals surface area contributed by atoms with E-state index in [4.69, 9.17) is 4.42 Å². The minimum absolute atomic E-state index is 0.0851. The van der Waals surface area contributed by atoms with Gasteiger partial charge in [0.25, 0.3) is 5.91 Å². The molecule has 0 spiro atoms. The minimum atomic E-state index is -0.0851. The van der Waals surface area contributed by atoms with E-state index in [1.165, 1.54) is 10.8 Å². The van der Waals surface area contributed by atoms with Crippen LogP contribution in [-0.4, -0.2) is 47.2 Å². The Bertz CT molecular complexity index is 1200. The number of anilines is 1. The van der Waals surface area contributed by atoms with E-state index >= 15 is 0 Å². The molecule has 1 saturated heterocycles. The number of hydrogen-bond donors (Lipinski definition) is 0. The maximum Gasteiger partial charge on any atom is 0.289 e. The van der Waals surface area contributed by atoms with E-state index in [9.17, 15) is 4.79 Å². The number of aromatic nitrogens is 2. The Balaban J connectivity index is 1.26. The largest absolute Gasteiger partial charge is 0.444 e. The van der Waals surface area contributed by atoms with Gasteiger partial charge in [-0.3, -0.25) is 4.79 Å². The number of rotatable bonds is 3. The van der Waals surface area contributed by atoms with E-state index in [2.05, 4.69) is 61.4 Å². The Morgan fingerprint density at radius 2 is 1.67 bits per heavy atom. The highest BCUT2D eigenvalue weighted by molar-refractivity contribution is 9.10. The Hall–Kier alpha value is -3.19. The topological polar surface area (TPSA) is 62.5 Å². The molecule has 0 radical (unpaired) electrons. The van der Waals surface area contributed by atoms with Gasteiger partial charge in [-0.1, -0.05) is 36.4 Å². The van der Waals surface area contributed by atoms with Gasteiger partial charge >= 0.3 is 0 Å². The van der Waals surface area contributed by atoms with Gasteiger partial charge in [0, 0.05) is 31.7 Å². The number of amides is 1. The summed E-state index contributed by atoms with van der Waals surface area (Å²) in [6, 6.07) is 22.0. The first-order valence-corrected chi connectivity index (χ1v) is 10.6. The third kappa shape index (κ3) is 3.68. The molecule has 0 atom stereocenters. The number of halogens is 1. The molecular weight excluding hydrogens is 444 g/mol. The van der Waals surface area contributed by atoms with Gasteiger partial charge in [-0.05, 0) is 57.0 Å². The summed E-state index contributed by atoms with van der Waals surface area (Å²) in [7, 11) is 0. The van der Waals surface area contributed by atoms with Gasteiger partial charge in [0.15, 0.2) is 16.2 Å². The Morgan fingerprint density at radius 3 is 2.37 bits per heavy atom. The lowest BCUT2D eigenvalue weighted by molar-refractivity contribution is 0.0713. The molecule has 0 bridgehead atoms. The summed E-state index contributed by atoms with van der Waals surface area (Å²) in [5.41, 5.74) is 1.90. The normalized spacial score (nSPS) is 14.3. The zero-order valence-corrected chi connectivity index (χ0v) is 17.7. The smallest absolute Gasteiger partial charge is 0.289 e. The van der Waals surface area contributed by atoms with Crippen LogP contribution in [0.25, 0.3) is 22.0 Å². The fraction of sp³-hybridized carbons (Fsp3) is 0.174. The predicted molar refractivity (Wildman–Crippen MR) is 119 cm³/mol. The molecule has 0 saturated carbocycles. The summed E-state index contributed by atoms with van der Waals surface area (Å²) in [4.78, 5) is 16.5. The van der Waals surface area contributed by atoms with E-state index in [-0.39, 0.29) is 5.91 Å². The van der Waals surface area contributed by atoms with Gasteiger partial charge in [0.2, 0.25) is 0 Å². The molecule has 0 unspecified atom stereocenters. The lowest BCUT2D eigenvalue weighted by atomic mass is 10.1. The fourth-order valence-corrected chi connectivity index (χ4v) is 4.03. The van der Waals surface area contributed by atoms with Crippen molar-refractivity contribution >= 4 is 38.4 Å². The van der Waals surface area contributed by atoms with Gasteiger partial charge in [-0.15, -0.1) is 10.2 Å². The van der Waals surface area contributed by atoms with Crippen LogP contribution in [0.5, 0.6) is 0 Å². The molecule has 5 rings (SSSR count). The zero-order valence-electron chi connectivity index (χ0n) is 16.2. The highest BCUT2D eigenvalue weighted by Crippen LogP contribution is 2.24. The number of benzene rings is 2. The first kappa shape index (κ1) is 18.8. The minimum Gasteiger partial charge on any atom is -0.444 e. The monoisotopic (exact) mass is 462 g/mol. The molecule has 6 nitrogen and oxygen atoms in total. The van der Waals surface area contributed by atoms with Crippen molar-refractivity contribution < 1.29 is 9.21 Å². The molecule has 0 aliphatic carbocycles. The molecule has 1 aliphatic rings. The number of fused-ring (bicyclic) bond motifs is 1. The van der Waals surface area contributed by atoms with Gasteiger partial charge in [0.1, 0.15) is 0 Å². The van der Waals surface area contributed by atoms with Crippen molar-refractivity contribution in [2.75, 3.05) is 31.1 Å². The number of piperazine rings is 1. The first-order chi connectivity index (χ1) is 14.7. The highest BCUT2D eigenvalue weighted by atomic mass is 79.9. The van der Waals surface area contributed by atoms with Crippen molar-refractivity contribution in [3.05, 3.63) is 77.2 Å². The van der Waals surface area contributed by atoms with Crippen molar-refractivity contribution in [1.29, 1.82) is 0 Å². The van der Waals surface area contributed by atoms with Gasteiger partial charge in [-0.2, -0.15) is 0 Å². The molecular formula is C23H19BrN4O2. The van der Waals surface area contributed by atoms with Crippen LogP contribution in [0.15, 0.2) is 75.8 Å². The number of furan rings is 1. The van der Waals surface area contributed by atoms with E-state index in [0.29, 0.717) is 36.6 Å². The van der Waals surface area contributed by atoms with Crippen LogP contribution in [0.4, 0.5) is 5.82 Å². The number of hydrogen-bond acceptors (Lipinski definition) is 5. The van der Waals surface area contributed by atoms with Crippen molar-refractivity contribution in [2.24, 2.45) is 0 Å². The molecule has 4 aromatic rings. The van der Waals surface area contributed by atoms with Crippen molar-refractivity contribution in [1.82, 2.24) is 15.1 Å². The molecule has 1 aliphatic heterocycles. The van der Waals surface area contributed by atoms with Gasteiger partial charge in [0.05, 0.1) is 5.69 Å². The standard InChI is InChI=1S/C23H19BrN4O2/c24-21-9-8-20(30-21)23(29)28-13-11-27(12-14-28)22-10-7-19(25-26-22)18-6-5-16-3-1-2-4-17(16)15-18/h1-10,15H,11-14H2.